The lowest BCUT2D eigenvalue weighted by Gasteiger charge is -2.12. The molecule has 0 fully saturated rings. The molecular formula is C54H39N9O21S5. The minimum Gasteiger partial charge on any atom is -0.506 e. The third-order valence-corrected chi connectivity index (χ3v) is 17.7. The minimum atomic E-state index is -5.16. The van der Waals surface area contributed by atoms with E-state index in [9.17, 15) is 90.4 Å². The number of aliphatic hydroxyl groups excluding tert-OH is 1. The Bertz CT molecular complexity index is 5420. The van der Waals surface area contributed by atoms with Crippen molar-refractivity contribution >= 4 is 151 Å². The molecule has 0 saturated heterocycles. The summed E-state index contributed by atoms with van der Waals surface area (Å²) in [5, 5.41) is 89.1. The third kappa shape index (κ3) is 12.9. The number of ether oxygens (including phenoxy) is 1. The van der Waals surface area contributed by atoms with Crippen molar-refractivity contribution < 1.29 is 95.1 Å². The predicted octanol–water partition coefficient (Wildman–Crippen LogP) is 12.3. The molecule has 30 nitrogen and oxygen atoms in total. The van der Waals surface area contributed by atoms with Gasteiger partial charge in [0.2, 0.25) is 0 Å². The van der Waals surface area contributed by atoms with Crippen LogP contribution in [0.15, 0.2) is 205 Å². The van der Waals surface area contributed by atoms with Crippen molar-refractivity contribution in [2.75, 3.05) is 12.4 Å². The molecule has 0 radical (unpaired) electrons. The van der Waals surface area contributed by atoms with E-state index in [2.05, 4.69) is 46.2 Å². The summed E-state index contributed by atoms with van der Waals surface area (Å²) in [7, 11) is -23.8. The van der Waals surface area contributed by atoms with Gasteiger partial charge in [-0.25, -0.2) is 0 Å². The fourth-order valence-corrected chi connectivity index (χ4v) is 12.7. The average Bonchev–Trinajstić information content (AvgIpc) is 0.962. The lowest BCUT2D eigenvalue weighted by molar-refractivity contribution is 0.282. The maximum atomic E-state index is 12.8. The third-order valence-electron chi connectivity index (χ3n) is 13.2. The van der Waals surface area contributed by atoms with Crippen molar-refractivity contribution in [3.05, 3.63) is 145 Å². The topological polar surface area (TPSA) is 493 Å². The number of aliphatic hydroxyl groups is 1. The first-order valence-electron chi connectivity index (χ1n) is 24.7. The molecule has 0 aliphatic carbocycles. The van der Waals surface area contributed by atoms with Gasteiger partial charge in [0.15, 0.2) is 11.5 Å². The Hall–Kier alpha value is -10.1. The summed E-state index contributed by atoms with van der Waals surface area (Å²) in [5.41, 5.74) is -1.71. The maximum Gasteiger partial charge on any atom is 0.296 e. The summed E-state index contributed by atoms with van der Waals surface area (Å²) >= 11 is 0. The van der Waals surface area contributed by atoms with E-state index in [1.54, 1.807) is 18.2 Å². The minimum absolute atomic E-state index is 0.0108. The molecule has 10 aromatic carbocycles. The highest BCUT2D eigenvalue weighted by Crippen LogP contribution is 2.47. The van der Waals surface area contributed by atoms with Crippen LogP contribution in [0.25, 0.3) is 43.1 Å². The van der Waals surface area contributed by atoms with Crippen molar-refractivity contribution in [1.29, 1.82) is 0 Å². The van der Waals surface area contributed by atoms with Gasteiger partial charge in [-0.3, -0.25) is 22.8 Å². The standard InChI is InChI=1S/C54H39N9O21S5/c1-84-46-24-42(45(66)23-43(46)62-57-32-19-38-36(50(21-32)88(78,79)80)5-3-7-48(38)86(72,73)74)61-63-52-51(89(81,82)83)17-27-15-30(10-12-34(27)54(52)68)55-29-9-11-33-26(14-29)8-13-39(53(33)67)58-60-41-16-28(25-64)40(22-44(41)65)59-56-31-18-37-35(49(20-31)87(75,76)77)4-2-6-47(37)85(69,70)71/h2-24,55,64-68H,25H2,1H3,(H,69,70,71)(H,72,73,74)(H,75,76,77)(H,78,79,80)(H,81,82,83). The number of nitrogens with one attached hydrogen (secondary N) is 1. The Morgan fingerprint density at radius 2 is 0.843 bits per heavy atom. The summed E-state index contributed by atoms with van der Waals surface area (Å²) in [6.07, 6.45) is 0. The molecule has 10 aromatic rings. The number of azo groups is 4. The number of phenolic OH excluding ortho intramolecular Hbond substituents is 4. The van der Waals surface area contributed by atoms with E-state index in [0.29, 0.717) is 16.8 Å². The summed E-state index contributed by atoms with van der Waals surface area (Å²) in [4.78, 5) is -3.84. The molecule has 0 spiro atoms. The highest BCUT2D eigenvalue weighted by Gasteiger charge is 2.26. The largest absolute Gasteiger partial charge is 0.506 e. The van der Waals surface area contributed by atoms with Gasteiger partial charge in [0, 0.05) is 67.5 Å². The van der Waals surface area contributed by atoms with Gasteiger partial charge < -0.3 is 35.6 Å². The summed E-state index contributed by atoms with van der Waals surface area (Å²) in [6.45, 7) is -0.707. The van der Waals surface area contributed by atoms with Gasteiger partial charge in [0.25, 0.3) is 50.6 Å². The molecule has 0 aliphatic rings. The van der Waals surface area contributed by atoms with Crippen LogP contribution in [0.2, 0.25) is 0 Å². The van der Waals surface area contributed by atoms with Gasteiger partial charge in [-0.15, -0.1) is 25.6 Å². The van der Waals surface area contributed by atoms with Gasteiger partial charge in [-0.2, -0.15) is 57.4 Å². The number of phenols is 4. The summed E-state index contributed by atoms with van der Waals surface area (Å²) in [6, 6.07) is 27.8. The van der Waals surface area contributed by atoms with Gasteiger partial charge in [-0.1, -0.05) is 30.3 Å². The predicted molar refractivity (Wildman–Crippen MR) is 317 cm³/mol. The van der Waals surface area contributed by atoms with Gasteiger partial charge >= 0.3 is 0 Å². The molecule has 0 aromatic heterocycles. The van der Waals surface area contributed by atoms with E-state index in [1.807, 2.05) is 0 Å². The Morgan fingerprint density at radius 1 is 0.382 bits per heavy atom. The first-order chi connectivity index (χ1) is 41.8. The van der Waals surface area contributed by atoms with E-state index in [-0.39, 0.29) is 88.9 Å². The number of rotatable bonds is 17. The van der Waals surface area contributed by atoms with Crippen molar-refractivity contribution in [2.45, 2.75) is 31.1 Å². The fraction of sp³-hybridized carbons (Fsp3) is 0.0370. The first kappa shape index (κ1) is 62.0. The van der Waals surface area contributed by atoms with E-state index in [4.69, 9.17) is 4.74 Å². The van der Waals surface area contributed by atoms with Crippen molar-refractivity contribution in [2.24, 2.45) is 40.9 Å². The monoisotopic (exact) mass is 1310 g/mol. The van der Waals surface area contributed by atoms with Crippen LogP contribution in [0.3, 0.4) is 0 Å². The van der Waals surface area contributed by atoms with E-state index in [1.165, 1.54) is 55.6 Å². The molecule has 0 unspecified atom stereocenters. The molecule has 10 rings (SSSR count). The smallest absolute Gasteiger partial charge is 0.296 e. The highest BCUT2D eigenvalue weighted by atomic mass is 32.2. The summed E-state index contributed by atoms with van der Waals surface area (Å²) in [5.74, 6) is -2.52. The van der Waals surface area contributed by atoms with Crippen LogP contribution in [-0.4, -0.2) is 97.5 Å². The second-order valence-corrected chi connectivity index (χ2v) is 25.9. The Labute approximate surface area is 501 Å². The first-order valence-corrected chi connectivity index (χ1v) is 31.9. The zero-order chi connectivity index (χ0) is 64.3. The highest BCUT2D eigenvalue weighted by molar-refractivity contribution is 7.87. The molecule has 0 aliphatic heterocycles. The SMILES string of the molecule is COc1cc(N=Nc2c(S(=O)(=O)O)cc3cc(Nc4ccc5c(O)c(N=Nc6cc(CO)c(N=Nc7cc(S(=O)(=O)O)c8cccc(S(=O)(=O)O)c8c7)cc6O)ccc5c4)ccc3c2O)c(O)cc1N=Nc1cc(S(=O)(=O)O)c2cccc(S(=O)(=O)O)c2c1. The quantitative estimate of drug-likeness (QED) is 0.0298. The molecule has 456 valence electrons. The van der Waals surface area contributed by atoms with Crippen LogP contribution in [0.4, 0.5) is 56.9 Å². The molecule has 0 atom stereocenters. The van der Waals surface area contributed by atoms with Crippen molar-refractivity contribution in [3.8, 4) is 28.7 Å². The van der Waals surface area contributed by atoms with Crippen LogP contribution in [0.5, 0.6) is 28.7 Å². The number of aromatic hydroxyl groups is 4. The number of fused-ring (bicyclic) bond motifs is 4. The van der Waals surface area contributed by atoms with Gasteiger partial charge in [-0.05, 0) is 102 Å². The van der Waals surface area contributed by atoms with Crippen LogP contribution >= 0.6 is 0 Å². The Kier molecular flexibility index (Phi) is 16.2. The van der Waals surface area contributed by atoms with E-state index in [0.717, 1.165) is 72.8 Å². The lowest BCUT2D eigenvalue weighted by atomic mass is 10.1. The van der Waals surface area contributed by atoms with Crippen molar-refractivity contribution in [3.63, 3.8) is 0 Å². The fourth-order valence-electron chi connectivity index (χ4n) is 9.17. The normalized spacial score (nSPS) is 12.9. The molecule has 0 bridgehead atoms. The number of hydrogen-bond acceptors (Lipinski definition) is 25. The molecule has 89 heavy (non-hydrogen) atoms. The lowest BCUT2D eigenvalue weighted by Crippen LogP contribution is -2.03. The van der Waals surface area contributed by atoms with Gasteiger partial charge in [0.05, 0.1) is 30.8 Å². The number of benzene rings is 10. The molecule has 0 amide bonds. The Balaban J connectivity index is 0.876. The van der Waals surface area contributed by atoms with E-state index < -0.39 is 110 Å². The molecule has 0 heterocycles. The van der Waals surface area contributed by atoms with E-state index >= 15 is 0 Å². The number of hydrogen-bond donors (Lipinski definition) is 11. The zero-order valence-corrected chi connectivity index (χ0v) is 48.7. The molecule has 11 N–H and O–H groups in total. The number of methoxy groups -OCH3 is 1. The van der Waals surface area contributed by atoms with Crippen LogP contribution in [-0.2, 0) is 57.2 Å². The Morgan fingerprint density at radius 3 is 1.36 bits per heavy atom. The van der Waals surface area contributed by atoms with Gasteiger partial charge in [0.1, 0.15) is 70.2 Å². The second-order valence-electron chi connectivity index (χ2n) is 18.9. The maximum absolute atomic E-state index is 12.8. The molecule has 35 heteroatoms. The number of nitrogens with zero attached hydrogens (tertiary/aromatic N) is 8. The number of anilines is 2. The zero-order valence-electron chi connectivity index (χ0n) is 44.6. The second kappa shape index (κ2) is 23.2. The van der Waals surface area contributed by atoms with Crippen LogP contribution in [0.1, 0.15) is 5.56 Å². The average molecular weight is 1310 g/mol. The van der Waals surface area contributed by atoms with Crippen LogP contribution in [0, 0.1) is 0 Å². The van der Waals surface area contributed by atoms with Crippen molar-refractivity contribution in [1.82, 2.24) is 0 Å². The molecule has 0 saturated carbocycles. The summed E-state index contributed by atoms with van der Waals surface area (Å²) < 4.78 is 178. The molecular weight excluding hydrogens is 1270 g/mol. The van der Waals surface area contributed by atoms with Crippen LogP contribution < -0.4 is 10.1 Å².